The number of Topliss-reactive ketones (excluding diaryl/α,β-unsaturated/α-hetero) is 1. The summed E-state index contributed by atoms with van der Waals surface area (Å²) >= 11 is 0. The number of hydrogen-bond donors (Lipinski definition) is 1. The van der Waals surface area contributed by atoms with E-state index in [0.29, 0.717) is 24.3 Å². The molecule has 0 radical (unpaired) electrons. The molecule has 3 aromatic carbocycles. The van der Waals surface area contributed by atoms with Crippen molar-refractivity contribution in [3.63, 3.8) is 0 Å². The number of rotatable bonds is 6. The van der Waals surface area contributed by atoms with Gasteiger partial charge in [-0.2, -0.15) is 0 Å². The number of ketones is 1. The number of fused-ring (bicyclic) bond motifs is 3. The summed E-state index contributed by atoms with van der Waals surface area (Å²) in [7, 11) is 0. The first-order chi connectivity index (χ1) is 19.2. The van der Waals surface area contributed by atoms with Gasteiger partial charge in [0.15, 0.2) is 5.78 Å². The van der Waals surface area contributed by atoms with E-state index >= 15 is 0 Å². The Kier molecular flexibility index (Phi) is 6.57. The molecule has 3 atom stereocenters. The minimum absolute atomic E-state index is 0.00754. The number of aromatic nitrogens is 1. The van der Waals surface area contributed by atoms with Gasteiger partial charge in [0.05, 0.1) is 23.7 Å². The number of nitrogens with one attached hydrogen (secondary N) is 1. The van der Waals surface area contributed by atoms with Crippen LogP contribution in [0.3, 0.4) is 0 Å². The predicted octanol–water partition coefficient (Wildman–Crippen LogP) is 6.20. The molecule has 4 aromatic rings. The van der Waals surface area contributed by atoms with E-state index in [9.17, 15) is 14.4 Å². The Morgan fingerprint density at radius 2 is 1.50 bits per heavy atom. The van der Waals surface area contributed by atoms with Crippen molar-refractivity contribution in [1.82, 2.24) is 14.8 Å². The number of piperazine rings is 1. The van der Waals surface area contributed by atoms with Crippen molar-refractivity contribution in [1.29, 1.82) is 0 Å². The van der Waals surface area contributed by atoms with Crippen molar-refractivity contribution in [2.24, 2.45) is 11.3 Å². The molecule has 2 saturated heterocycles. The summed E-state index contributed by atoms with van der Waals surface area (Å²) in [4.78, 5) is 47.9. The Morgan fingerprint density at radius 3 is 2.20 bits per heavy atom. The number of nitrogens with zero attached hydrogens (tertiary/aromatic N) is 2. The highest BCUT2D eigenvalue weighted by atomic mass is 16.2. The number of hydrogen-bond acceptors (Lipinski definition) is 3. The van der Waals surface area contributed by atoms with Crippen LogP contribution >= 0.6 is 0 Å². The van der Waals surface area contributed by atoms with Gasteiger partial charge in [-0.25, -0.2) is 0 Å². The summed E-state index contributed by atoms with van der Waals surface area (Å²) in [5.74, 6) is -0.470. The summed E-state index contributed by atoms with van der Waals surface area (Å²) in [6.07, 6.45) is 0.931. The summed E-state index contributed by atoms with van der Waals surface area (Å²) in [5, 5.41) is 0.986. The Bertz CT molecular complexity index is 1550. The van der Waals surface area contributed by atoms with E-state index in [-0.39, 0.29) is 41.5 Å². The van der Waals surface area contributed by atoms with Crippen LogP contribution in [-0.4, -0.2) is 57.6 Å². The Morgan fingerprint density at radius 1 is 0.825 bits per heavy atom. The van der Waals surface area contributed by atoms with E-state index in [1.165, 1.54) is 0 Å². The molecule has 204 valence electrons. The van der Waals surface area contributed by atoms with Crippen molar-refractivity contribution < 1.29 is 14.4 Å². The van der Waals surface area contributed by atoms with Crippen molar-refractivity contribution in [2.45, 2.75) is 45.7 Å². The van der Waals surface area contributed by atoms with Crippen LogP contribution in [0.25, 0.3) is 22.0 Å². The van der Waals surface area contributed by atoms with Crippen LogP contribution in [0.4, 0.5) is 0 Å². The molecule has 1 N–H and O–H groups in total. The molecule has 2 aliphatic heterocycles. The number of benzene rings is 3. The van der Waals surface area contributed by atoms with Gasteiger partial charge in [-0.05, 0) is 47.2 Å². The van der Waals surface area contributed by atoms with Gasteiger partial charge in [0.25, 0.3) is 5.91 Å². The SMILES string of the molecule is CC(C)(C)[C@H](CC(=O)c1cc2ccccc2[nH]1)C(=O)N1C[C@@H]2C[C@H]1CN2C(=O)c1cccc(-c2ccccc2)c1. The number of carbonyl (C=O) groups excluding carboxylic acids is 3. The Labute approximate surface area is 235 Å². The fraction of sp³-hybridized carbons (Fsp3) is 0.324. The third-order valence-corrected chi connectivity index (χ3v) is 8.56. The van der Waals surface area contributed by atoms with Gasteiger partial charge in [0.1, 0.15) is 0 Å². The zero-order chi connectivity index (χ0) is 28.0. The maximum Gasteiger partial charge on any atom is 0.254 e. The molecule has 6 rings (SSSR count). The summed E-state index contributed by atoms with van der Waals surface area (Å²) in [6, 6.07) is 27.5. The maximum atomic E-state index is 13.9. The number of H-pyrrole nitrogens is 1. The normalized spacial score (nSPS) is 19.3. The second kappa shape index (κ2) is 10.1. The third-order valence-electron chi connectivity index (χ3n) is 8.56. The molecule has 6 heteroatoms. The Hall–Kier alpha value is -4.19. The number of likely N-dealkylation sites (tertiary alicyclic amines) is 2. The lowest BCUT2D eigenvalue weighted by molar-refractivity contribution is -0.141. The molecule has 2 bridgehead atoms. The standard InChI is InChI=1S/C34H35N3O3/c1-34(2,3)28(19-31(38)30-17-24-12-7-8-15-29(24)35-30)33(40)37-21-26-18-27(37)20-36(26)32(39)25-14-9-13-23(16-25)22-10-5-4-6-11-22/h4-17,26-28,35H,18-21H2,1-3H3/t26-,27-,28+/m0/s1. The fourth-order valence-corrected chi connectivity index (χ4v) is 6.30. The largest absolute Gasteiger partial charge is 0.352 e. The van der Waals surface area contributed by atoms with E-state index < -0.39 is 5.92 Å². The summed E-state index contributed by atoms with van der Waals surface area (Å²) < 4.78 is 0. The average Bonchev–Trinajstić information content (AvgIpc) is 3.69. The van der Waals surface area contributed by atoms with Crippen molar-refractivity contribution in [2.75, 3.05) is 13.1 Å². The van der Waals surface area contributed by atoms with Crippen LogP contribution in [0.15, 0.2) is 84.9 Å². The molecule has 40 heavy (non-hydrogen) atoms. The van der Waals surface area contributed by atoms with Crippen LogP contribution < -0.4 is 0 Å². The lowest BCUT2D eigenvalue weighted by Crippen LogP contribution is -2.53. The van der Waals surface area contributed by atoms with Gasteiger partial charge in [-0.1, -0.05) is 81.4 Å². The fourth-order valence-electron chi connectivity index (χ4n) is 6.30. The molecular weight excluding hydrogens is 498 g/mol. The second-order valence-electron chi connectivity index (χ2n) is 12.3. The molecule has 2 aliphatic rings. The molecule has 1 aromatic heterocycles. The number of carbonyl (C=O) groups is 3. The minimum Gasteiger partial charge on any atom is -0.352 e. The number of amides is 2. The smallest absolute Gasteiger partial charge is 0.254 e. The van der Waals surface area contributed by atoms with Gasteiger partial charge in [0, 0.05) is 36.0 Å². The van der Waals surface area contributed by atoms with Gasteiger partial charge < -0.3 is 14.8 Å². The first-order valence-electron chi connectivity index (χ1n) is 14.1. The second-order valence-corrected chi connectivity index (χ2v) is 12.3. The zero-order valence-electron chi connectivity index (χ0n) is 23.3. The van der Waals surface area contributed by atoms with Gasteiger partial charge in [-0.3, -0.25) is 14.4 Å². The molecule has 0 aliphatic carbocycles. The van der Waals surface area contributed by atoms with E-state index in [0.717, 1.165) is 28.5 Å². The number of aromatic amines is 1. The van der Waals surface area contributed by atoms with Crippen LogP contribution in [0, 0.1) is 11.3 Å². The lowest BCUT2D eigenvalue weighted by Gasteiger charge is -2.39. The lowest BCUT2D eigenvalue weighted by atomic mass is 9.76. The Balaban J connectivity index is 1.15. The average molecular weight is 534 g/mol. The van der Waals surface area contributed by atoms with Gasteiger partial charge in [0.2, 0.25) is 5.91 Å². The highest BCUT2D eigenvalue weighted by Gasteiger charge is 2.49. The topological polar surface area (TPSA) is 73.5 Å². The predicted molar refractivity (Wildman–Crippen MR) is 157 cm³/mol. The molecule has 2 amide bonds. The van der Waals surface area contributed by atoms with Crippen molar-refractivity contribution >= 4 is 28.5 Å². The molecular formula is C34H35N3O3. The highest BCUT2D eigenvalue weighted by Crippen LogP contribution is 2.38. The van der Waals surface area contributed by atoms with Crippen molar-refractivity contribution in [3.05, 3.63) is 96.2 Å². The highest BCUT2D eigenvalue weighted by molar-refractivity contribution is 6.01. The zero-order valence-corrected chi connectivity index (χ0v) is 23.3. The molecule has 0 spiro atoms. The number of para-hydroxylation sites is 1. The van der Waals surface area contributed by atoms with Crippen molar-refractivity contribution in [3.8, 4) is 11.1 Å². The van der Waals surface area contributed by atoms with Gasteiger partial charge >= 0.3 is 0 Å². The summed E-state index contributed by atoms with van der Waals surface area (Å²) in [5.41, 5.74) is 3.84. The van der Waals surface area contributed by atoms with E-state index in [4.69, 9.17) is 0 Å². The molecule has 0 unspecified atom stereocenters. The first-order valence-corrected chi connectivity index (χ1v) is 14.1. The van der Waals surface area contributed by atoms with Crippen LogP contribution in [0.1, 0.15) is 54.5 Å². The van der Waals surface area contributed by atoms with Gasteiger partial charge in [-0.15, -0.1) is 0 Å². The third kappa shape index (κ3) is 4.83. The summed E-state index contributed by atoms with van der Waals surface area (Å²) in [6.45, 7) is 7.12. The maximum absolute atomic E-state index is 13.9. The van der Waals surface area contributed by atoms with Crippen LogP contribution in [-0.2, 0) is 4.79 Å². The molecule has 0 saturated carbocycles. The molecule has 6 nitrogen and oxygen atoms in total. The monoisotopic (exact) mass is 533 g/mol. The molecule has 3 heterocycles. The van der Waals surface area contributed by atoms with Crippen LogP contribution in [0.5, 0.6) is 0 Å². The first kappa shape index (κ1) is 26.1. The molecule has 2 fully saturated rings. The van der Waals surface area contributed by atoms with E-state index in [1.807, 2.05) is 116 Å². The van der Waals surface area contributed by atoms with Crippen LogP contribution in [0.2, 0.25) is 0 Å². The van der Waals surface area contributed by atoms with E-state index in [1.54, 1.807) is 0 Å². The quantitative estimate of drug-likeness (QED) is 0.300. The minimum atomic E-state index is -0.447. The van der Waals surface area contributed by atoms with E-state index in [2.05, 4.69) is 4.98 Å².